The number of nitrogens with zero attached hydrogens (tertiary/aromatic N) is 4. The highest BCUT2D eigenvalue weighted by atomic mass is 32.1. The minimum atomic E-state index is -0.0821. The van der Waals surface area contributed by atoms with E-state index in [1.54, 1.807) is 9.58 Å². The summed E-state index contributed by atoms with van der Waals surface area (Å²) in [6.45, 7) is 6.27. The first-order valence-corrected chi connectivity index (χ1v) is 11.7. The van der Waals surface area contributed by atoms with E-state index in [0.29, 0.717) is 10.6 Å². The first kappa shape index (κ1) is 23.4. The molecule has 7 heteroatoms. The van der Waals surface area contributed by atoms with Gasteiger partial charge in [0, 0.05) is 17.4 Å². The van der Waals surface area contributed by atoms with Crippen molar-refractivity contribution in [1.29, 1.82) is 0 Å². The lowest BCUT2D eigenvalue weighted by Gasteiger charge is -2.26. The van der Waals surface area contributed by atoms with Crippen molar-refractivity contribution in [2.75, 3.05) is 4.90 Å². The molecule has 0 bridgehead atoms. The summed E-state index contributed by atoms with van der Waals surface area (Å²) < 4.78 is 9.86. The van der Waals surface area contributed by atoms with Gasteiger partial charge in [0.2, 0.25) is 10.7 Å². The number of rotatable bonds is 8. The number of benzene rings is 3. The molecule has 6 nitrogen and oxygen atoms in total. The Morgan fingerprint density at radius 2 is 1.59 bits per heavy atom. The average molecular weight is 473 g/mol. The number of carbonyl (C=O) groups is 1. The molecule has 3 aromatic carbocycles. The van der Waals surface area contributed by atoms with Crippen LogP contribution in [-0.4, -0.2) is 26.3 Å². The van der Waals surface area contributed by atoms with Gasteiger partial charge in [-0.15, -0.1) is 0 Å². The predicted octanol–water partition coefficient (Wildman–Crippen LogP) is 5.73. The minimum Gasteiger partial charge on any atom is -0.486 e. The first-order chi connectivity index (χ1) is 16.4. The van der Waals surface area contributed by atoms with Crippen molar-refractivity contribution in [2.24, 2.45) is 0 Å². The van der Waals surface area contributed by atoms with Crippen LogP contribution < -0.4 is 9.64 Å². The van der Waals surface area contributed by atoms with E-state index in [2.05, 4.69) is 0 Å². The zero-order valence-electron chi connectivity index (χ0n) is 19.6. The summed E-state index contributed by atoms with van der Waals surface area (Å²) in [7, 11) is 0. The number of carbonyl (C=O) groups excluding carboxylic acids is 1. The summed E-state index contributed by atoms with van der Waals surface area (Å²) in [6.07, 6.45) is 0. The Morgan fingerprint density at radius 3 is 2.21 bits per heavy atom. The third kappa shape index (κ3) is 5.26. The van der Waals surface area contributed by atoms with Crippen LogP contribution in [0.3, 0.4) is 0 Å². The standard InChI is InChI=1S/C27H28N4O2S/c1-20(2)30(22-10-6-4-7-11-22)26(32)18-29-27(34)31(23-16-14-21(3)15-17-23)25(28-29)19-33-24-12-8-5-9-13-24/h4-17,20H,18-19H2,1-3H3. The lowest BCUT2D eigenvalue weighted by molar-refractivity contribution is -0.119. The Kier molecular flexibility index (Phi) is 7.23. The molecule has 4 rings (SSSR count). The highest BCUT2D eigenvalue weighted by Gasteiger charge is 2.22. The molecule has 1 heterocycles. The van der Waals surface area contributed by atoms with E-state index in [-0.39, 0.29) is 25.1 Å². The molecule has 0 radical (unpaired) electrons. The second kappa shape index (κ2) is 10.5. The lowest BCUT2D eigenvalue weighted by Crippen LogP contribution is -2.39. The SMILES string of the molecule is Cc1ccc(-n2c(COc3ccccc3)nn(CC(=O)N(c3ccccc3)C(C)C)c2=S)cc1. The van der Waals surface area contributed by atoms with E-state index in [1.165, 1.54) is 0 Å². The summed E-state index contributed by atoms with van der Waals surface area (Å²) in [5.74, 6) is 1.28. The quantitative estimate of drug-likeness (QED) is 0.307. The number of hydrogen-bond donors (Lipinski definition) is 0. The lowest BCUT2D eigenvalue weighted by atomic mass is 10.2. The molecule has 0 aliphatic rings. The molecule has 1 amide bonds. The molecular weight excluding hydrogens is 444 g/mol. The summed E-state index contributed by atoms with van der Waals surface area (Å²) in [4.78, 5) is 15.1. The van der Waals surface area contributed by atoms with Gasteiger partial charge in [-0.25, -0.2) is 4.68 Å². The van der Waals surface area contributed by atoms with Crippen molar-refractivity contribution in [1.82, 2.24) is 14.3 Å². The maximum Gasteiger partial charge on any atom is 0.249 e. The van der Waals surface area contributed by atoms with Crippen LogP contribution in [0.4, 0.5) is 5.69 Å². The number of amides is 1. The van der Waals surface area contributed by atoms with Gasteiger partial charge in [-0.2, -0.15) is 5.10 Å². The highest BCUT2D eigenvalue weighted by Crippen LogP contribution is 2.19. The highest BCUT2D eigenvalue weighted by molar-refractivity contribution is 7.71. The van der Waals surface area contributed by atoms with Crippen molar-refractivity contribution in [3.05, 3.63) is 101 Å². The topological polar surface area (TPSA) is 52.3 Å². The molecule has 0 atom stereocenters. The smallest absolute Gasteiger partial charge is 0.249 e. The van der Waals surface area contributed by atoms with Crippen molar-refractivity contribution in [2.45, 2.75) is 40.0 Å². The van der Waals surface area contributed by atoms with E-state index >= 15 is 0 Å². The van der Waals surface area contributed by atoms with Gasteiger partial charge in [0.15, 0.2) is 5.82 Å². The zero-order valence-corrected chi connectivity index (χ0v) is 20.4. The fourth-order valence-electron chi connectivity index (χ4n) is 3.79. The van der Waals surface area contributed by atoms with Crippen LogP contribution in [0.15, 0.2) is 84.9 Å². The summed E-state index contributed by atoms with van der Waals surface area (Å²) >= 11 is 5.78. The third-order valence-electron chi connectivity index (χ3n) is 5.41. The fraction of sp³-hybridized carbons (Fsp3) is 0.222. The molecule has 0 saturated carbocycles. The first-order valence-electron chi connectivity index (χ1n) is 11.2. The largest absolute Gasteiger partial charge is 0.486 e. The molecule has 0 aliphatic heterocycles. The third-order valence-corrected chi connectivity index (χ3v) is 5.81. The van der Waals surface area contributed by atoms with Gasteiger partial charge < -0.3 is 9.64 Å². The van der Waals surface area contributed by atoms with E-state index < -0.39 is 0 Å². The molecule has 174 valence electrons. The molecule has 4 aromatic rings. The van der Waals surface area contributed by atoms with Crippen LogP contribution in [-0.2, 0) is 17.9 Å². The van der Waals surface area contributed by atoms with Crippen molar-refractivity contribution < 1.29 is 9.53 Å². The van der Waals surface area contributed by atoms with Crippen molar-refractivity contribution >= 4 is 23.8 Å². The second-order valence-corrected chi connectivity index (χ2v) is 8.69. The van der Waals surface area contributed by atoms with E-state index in [4.69, 9.17) is 22.1 Å². The number of aromatic nitrogens is 3. The minimum absolute atomic E-state index is 0.0101. The number of aryl methyl sites for hydroxylation is 1. The average Bonchev–Trinajstić information content (AvgIpc) is 3.14. The molecule has 0 unspecified atom stereocenters. The molecule has 0 N–H and O–H groups in total. The molecular formula is C27H28N4O2S. The summed E-state index contributed by atoms with van der Waals surface area (Å²) in [5, 5.41) is 4.70. The monoisotopic (exact) mass is 472 g/mol. The van der Waals surface area contributed by atoms with Gasteiger partial charge in [0.1, 0.15) is 18.9 Å². The van der Waals surface area contributed by atoms with Crippen LogP contribution in [0.1, 0.15) is 25.2 Å². The molecule has 0 saturated heterocycles. The number of para-hydroxylation sites is 2. The van der Waals surface area contributed by atoms with Gasteiger partial charge in [0.25, 0.3) is 0 Å². The van der Waals surface area contributed by atoms with Crippen LogP contribution in [0.2, 0.25) is 0 Å². The normalized spacial score (nSPS) is 10.9. The predicted molar refractivity (Wildman–Crippen MR) is 137 cm³/mol. The van der Waals surface area contributed by atoms with E-state index in [0.717, 1.165) is 22.7 Å². The number of ether oxygens (including phenoxy) is 1. The summed E-state index contributed by atoms with van der Waals surface area (Å²) in [6, 6.07) is 27.2. The van der Waals surface area contributed by atoms with Crippen LogP contribution >= 0.6 is 12.2 Å². The van der Waals surface area contributed by atoms with Gasteiger partial charge >= 0.3 is 0 Å². The van der Waals surface area contributed by atoms with Crippen molar-refractivity contribution in [3.8, 4) is 11.4 Å². The molecule has 1 aromatic heterocycles. The second-order valence-electron chi connectivity index (χ2n) is 8.32. The van der Waals surface area contributed by atoms with Crippen LogP contribution in [0.5, 0.6) is 5.75 Å². The van der Waals surface area contributed by atoms with Crippen LogP contribution in [0, 0.1) is 11.7 Å². The molecule has 0 aliphatic carbocycles. The van der Waals surface area contributed by atoms with E-state index in [9.17, 15) is 4.79 Å². The Hall–Kier alpha value is -3.71. The maximum atomic E-state index is 13.4. The number of hydrogen-bond acceptors (Lipinski definition) is 4. The molecule has 0 fully saturated rings. The Balaban J connectivity index is 1.67. The maximum absolute atomic E-state index is 13.4. The Bertz CT molecular complexity index is 1300. The zero-order chi connectivity index (χ0) is 24.1. The summed E-state index contributed by atoms with van der Waals surface area (Å²) in [5.41, 5.74) is 2.87. The number of anilines is 1. The van der Waals surface area contributed by atoms with E-state index in [1.807, 2.05) is 110 Å². The molecule has 0 spiro atoms. The Morgan fingerprint density at radius 1 is 0.971 bits per heavy atom. The van der Waals surface area contributed by atoms with Crippen LogP contribution in [0.25, 0.3) is 5.69 Å². The Labute approximate surface area is 205 Å². The van der Waals surface area contributed by atoms with Gasteiger partial charge in [-0.05, 0) is 69.4 Å². The molecule has 34 heavy (non-hydrogen) atoms. The van der Waals surface area contributed by atoms with Crippen molar-refractivity contribution in [3.63, 3.8) is 0 Å². The fourth-order valence-corrected chi connectivity index (χ4v) is 4.11. The van der Waals surface area contributed by atoms with Gasteiger partial charge in [-0.3, -0.25) is 9.36 Å². The van der Waals surface area contributed by atoms with Gasteiger partial charge in [-0.1, -0.05) is 54.1 Å². The van der Waals surface area contributed by atoms with Gasteiger partial charge in [0.05, 0.1) is 0 Å².